The Morgan fingerprint density at radius 2 is 1.62 bits per heavy atom. The maximum atomic E-state index is 12.9. The average Bonchev–Trinajstić information content (AvgIpc) is 2.57. The summed E-state index contributed by atoms with van der Waals surface area (Å²) in [6.45, 7) is 8.52. The zero-order chi connectivity index (χ0) is 17.3. The van der Waals surface area contributed by atoms with Gasteiger partial charge in [-0.25, -0.2) is 28.7 Å². The Balaban J connectivity index is 1.75. The van der Waals surface area contributed by atoms with Crippen molar-refractivity contribution in [3.63, 3.8) is 0 Å². The monoisotopic (exact) mass is 334 g/mol. The molecule has 6 nitrogen and oxygen atoms in total. The normalized spacial score (nSPS) is 15.2. The highest BCUT2D eigenvalue weighted by Crippen LogP contribution is 2.24. The zero-order valence-electron chi connectivity index (χ0n) is 14.0. The van der Waals surface area contributed by atoms with E-state index in [0.29, 0.717) is 24.7 Å². The molecule has 0 saturated carbocycles. The Bertz CT molecular complexity index is 729. The fraction of sp³-hybridized carbons (Fsp3) is 0.500. The van der Waals surface area contributed by atoms with E-state index < -0.39 is 6.43 Å². The van der Waals surface area contributed by atoms with Crippen LogP contribution < -0.4 is 9.80 Å². The minimum Gasteiger partial charge on any atom is -0.353 e. The van der Waals surface area contributed by atoms with E-state index in [-0.39, 0.29) is 5.69 Å². The summed E-state index contributed by atoms with van der Waals surface area (Å²) < 4.78 is 25.9. The minimum absolute atomic E-state index is 0.220. The molecule has 0 radical (unpaired) electrons. The lowest BCUT2D eigenvalue weighted by Crippen LogP contribution is -2.47. The molecule has 0 unspecified atom stereocenters. The first-order valence-corrected chi connectivity index (χ1v) is 7.87. The molecule has 1 fully saturated rings. The first-order chi connectivity index (χ1) is 11.5. The number of hydrogen-bond acceptors (Lipinski definition) is 6. The summed E-state index contributed by atoms with van der Waals surface area (Å²) >= 11 is 0. The van der Waals surface area contributed by atoms with Crippen molar-refractivity contribution in [1.29, 1.82) is 0 Å². The smallest absolute Gasteiger partial charge is 0.280 e. The Kier molecular flexibility index (Phi) is 4.55. The van der Waals surface area contributed by atoms with Gasteiger partial charge in [0.25, 0.3) is 6.43 Å². The predicted molar refractivity (Wildman–Crippen MR) is 87.7 cm³/mol. The van der Waals surface area contributed by atoms with E-state index in [0.717, 1.165) is 30.2 Å². The number of piperazine rings is 1. The van der Waals surface area contributed by atoms with Gasteiger partial charge in [0.2, 0.25) is 0 Å². The zero-order valence-corrected chi connectivity index (χ0v) is 14.0. The molecule has 0 aromatic carbocycles. The number of halogens is 2. The largest absolute Gasteiger partial charge is 0.353 e. The summed E-state index contributed by atoms with van der Waals surface area (Å²) in [6.07, 6.45) is -1.01. The number of rotatable bonds is 3. The van der Waals surface area contributed by atoms with E-state index in [1.165, 1.54) is 6.07 Å². The van der Waals surface area contributed by atoms with Gasteiger partial charge in [0.1, 0.15) is 29.5 Å². The van der Waals surface area contributed by atoms with Crippen LogP contribution in [0.1, 0.15) is 29.2 Å². The van der Waals surface area contributed by atoms with Crippen LogP contribution in [0.25, 0.3) is 0 Å². The molecule has 3 rings (SSSR count). The van der Waals surface area contributed by atoms with Gasteiger partial charge in [-0.3, -0.25) is 0 Å². The topological polar surface area (TPSA) is 58.0 Å². The van der Waals surface area contributed by atoms with E-state index >= 15 is 0 Å². The summed E-state index contributed by atoms with van der Waals surface area (Å²) in [7, 11) is 0. The second-order valence-electron chi connectivity index (χ2n) is 5.88. The van der Waals surface area contributed by atoms with Crippen LogP contribution >= 0.6 is 0 Å². The van der Waals surface area contributed by atoms with E-state index in [1.54, 1.807) is 13.3 Å². The van der Waals surface area contributed by atoms with E-state index in [4.69, 9.17) is 0 Å². The summed E-state index contributed by atoms with van der Waals surface area (Å²) in [5.74, 6) is 1.87. The second kappa shape index (κ2) is 6.62. The lowest BCUT2D eigenvalue weighted by atomic mass is 10.2. The third-order valence-electron chi connectivity index (χ3n) is 4.28. The average molecular weight is 334 g/mol. The number of hydrogen-bond donors (Lipinski definition) is 0. The fourth-order valence-corrected chi connectivity index (χ4v) is 2.84. The van der Waals surface area contributed by atoms with Crippen LogP contribution in [0.15, 0.2) is 12.4 Å². The molecular weight excluding hydrogens is 314 g/mol. The number of anilines is 2. The summed E-state index contributed by atoms with van der Waals surface area (Å²) in [5.41, 5.74) is 1.82. The molecule has 0 spiro atoms. The van der Waals surface area contributed by atoms with Crippen molar-refractivity contribution in [3.05, 3.63) is 35.2 Å². The van der Waals surface area contributed by atoms with Crippen LogP contribution in [0.2, 0.25) is 0 Å². The maximum Gasteiger partial charge on any atom is 0.280 e. The maximum absolute atomic E-state index is 12.9. The van der Waals surface area contributed by atoms with Crippen molar-refractivity contribution < 1.29 is 8.78 Å². The lowest BCUT2D eigenvalue weighted by molar-refractivity contribution is 0.145. The molecule has 1 aliphatic rings. The van der Waals surface area contributed by atoms with Crippen LogP contribution in [0.3, 0.4) is 0 Å². The molecule has 2 aromatic heterocycles. The van der Waals surface area contributed by atoms with E-state index in [1.807, 2.05) is 18.7 Å². The predicted octanol–water partition coefficient (Wildman–Crippen LogP) is 2.46. The standard InChI is InChI=1S/C16H20F2N6/c1-10-11(2)19-9-20-16(10)24-6-4-23(5-7-24)14-8-13(15(17)18)21-12(3)22-14/h8-9,15H,4-7H2,1-3H3. The quantitative estimate of drug-likeness (QED) is 0.859. The van der Waals surface area contributed by atoms with Gasteiger partial charge in [-0.15, -0.1) is 0 Å². The Hall–Kier alpha value is -2.38. The Morgan fingerprint density at radius 3 is 2.29 bits per heavy atom. The van der Waals surface area contributed by atoms with Gasteiger partial charge in [-0.1, -0.05) is 0 Å². The van der Waals surface area contributed by atoms with E-state index in [9.17, 15) is 8.78 Å². The third-order valence-corrected chi connectivity index (χ3v) is 4.28. The van der Waals surface area contributed by atoms with Crippen LogP contribution in [-0.4, -0.2) is 46.1 Å². The molecule has 0 bridgehead atoms. The molecule has 8 heteroatoms. The SMILES string of the molecule is Cc1nc(C(F)F)cc(N2CCN(c3ncnc(C)c3C)CC2)n1. The molecule has 0 amide bonds. The Morgan fingerprint density at radius 1 is 0.958 bits per heavy atom. The molecule has 2 aromatic rings. The molecule has 24 heavy (non-hydrogen) atoms. The van der Waals surface area contributed by atoms with Crippen molar-refractivity contribution >= 4 is 11.6 Å². The third kappa shape index (κ3) is 3.27. The van der Waals surface area contributed by atoms with Crippen LogP contribution in [0.5, 0.6) is 0 Å². The molecule has 0 aliphatic carbocycles. The van der Waals surface area contributed by atoms with Crippen molar-refractivity contribution in [3.8, 4) is 0 Å². The number of alkyl halides is 2. The lowest BCUT2D eigenvalue weighted by Gasteiger charge is -2.36. The van der Waals surface area contributed by atoms with Crippen molar-refractivity contribution in [2.45, 2.75) is 27.2 Å². The first-order valence-electron chi connectivity index (χ1n) is 7.87. The molecule has 1 saturated heterocycles. The summed E-state index contributed by atoms with van der Waals surface area (Å²) in [4.78, 5) is 20.9. The fourth-order valence-electron chi connectivity index (χ4n) is 2.84. The highest BCUT2D eigenvalue weighted by Gasteiger charge is 2.22. The number of aromatic nitrogens is 4. The second-order valence-corrected chi connectivity index (χ2v) is 5.88. The summed E-state index contributed by atoms with van der Waals surface area (Å²) in [5, 5.41) is 0. The van der Waals surface area contributed by atoms with Crippen molar-refractivity contribution in [1.82, 2.24) is 19.9 Å². The highest BCUT2D eigenvalue weighted by atomic mass is 19.3. The van der Waals surface area contributed by atoms with E-state index in [2.05, 4.69) is 24.8 Å². The molecular formula is C16H20F2N6. The van der Waals surface area contributed by atoms with Crippen molar-refractivity contribution in [2.24, 2.45) is 0 Å². The number of nitrogens with zero attached hydrogens (tertiary/aromatic N) is 6. The van der Waals surface area contributed by atoms with Gasteiger partial charge >= 0.3 is 0 Å². The van der Waals surface area contributed by atoms with Crippen LogP contribution in [-0.2, 0) is 0 Å². The molecule has 0 N–H and O–H groups in total. The van der Waals surface area contributed by atoms with Gasteiger partial charge in [0, 0.05) is 43.5 Å². The highest BCUT2D eigenvalue weighted by molar-refractivity contribution is 5.50. The Labute approximate surface area is 139 Å². The molecule has 1 aliphatic heterocycles. The van der Waals surface area contributed by atoms with Gasteiger partial charge in [-0.2, -0.15) is 0 Å². The van der Waals surface area contributed by atoms with Crippen LogP contribution in [0.4, 0.5) is 20.4 Å². The minimum atomic E-state index is -2.58. The van der Waals surface area contributed by atoms with Gasteiger partial charge in [0.05, 0.1) is 0 Å². The molecule has 0 atom stereocenters. The van der Waals surface area contributed by atoms with Gasteiger partial charge in [0.15, 0.2) is 0 Å². The number of aryl methyl sites for hydroxylation is 2. The van der Waals surface area contributed by atoms with Crippen molar-refractivity contribution in [2.75, 3.05) is 36.0 Å². The van der Waals surface area contributed by atoms with Crippen LogP contribution in [0, 0.1) is 20.8 Å². The molecule has 128 valence electrons. The molecule has 3 heterocycles. The van der Waals surface area contributed by atoms with Gasteiger partial charge in [-0.05, 0) is 20.8 Å². The summed E-state index contributed by atoms with van der Waals surface area (Å²) in [6, 6.07) is 1.38. The van der Waals surface area contributed by atoms with Gasteiger partial charge < -0.3 is 9.80 Å². The first kappa shape index (κ1) is 16.5.